The highest BCUT2D eigenvalue weighted by Gasteiger charge is 2.18. The Morgan fingerprint density at radius 3 is 2.95 bits per heavy atom. The van der Waals surface area contributed by atoms with Crippen molar-refractivity contribution in [2.24, 2.45) is 0 Å². The first kappa shape index (κ1) is 14.0. The van der Waals surface area contributed by atoms with Gasteiger partial charge in [0.05, 0.1) is 12.2 Å². The molecule has 0 amide bonds. The highest BCUT2D eigenvalue weighted by molar-refractivity contribution is 5.47. The van der Waals surface area contributed by atoms with Crippen molar-refractivity contribution in [3.63, 3.8) is 0 Å². The number of nitrogens with zero attached hydrogens (tertiary/aromatic N) is 5. The molecule has 2 aromatic rings. The molecular formula is C15H22N6. The van der Waals surface area contributed by atoms with Crippen molar-refractivity contribution in [3.05, 3.63) is 36.2 Å². The van der Waals surface area contributed by atoms with E-state index in [1.807, 2.05) is 6.20 Å². The molecule has 21 heavy (non-hydrogen) atoms. The van der Waals surface area contributed by atoms with Crippen LogP contribution in [0.5, 0.6) is 0 Å². The van der Waals surface area contributed by atoms with Crippen molar-refractivity contribution in [2.75, 3.05) is 11.4 Å². The second-order valence-electron chi connectivity index (χ2n) is 6.47. The lowest BCUT2D eigenvalue weighted by Crippen LogP contribution is -2.36. The Morgan fingerprint density at radius 1 is 1.29 bits per heavy atom. The second kappa shape index (κ2) is 5.44. The summed E-state index contributed by atoms with van der Waals surface area (Å²) in [6.07, 6.45) is 3.69. The van der Waals surface area contributed by atoms with Gasteiger partial charge >= 0.3 is 0 Å². The van der Waals surface area contributed by atoms with Gasteiger partial charge in [-0.3, -0.25) is 4.98 Å². The van der Waals surface area contributed by atoms with Gasteiger partial charge in [0.15, 0.2) is 5.82 Å². The van der Waals surface area contributed by atoms with E-state index in [1.54, 1.807) is 6.33 Å². The van der Waals surface area contributed by atoms with Gasteiger partial charge in [0.2, 0.25) is 0 Å². The summed E-state index contributed by atoms with van der Waals surface area (Å²) in [5.41, 5.74) is 2.36. The third-order valence-corrected chi connectivity index (χ3v) is 3.60. The Hall–Kier alpha value is -1.95. The molecule has 3 rings (SSSR count). The van der Waals surface area contributed by atoms with Crippen molar-refractivity contribution < 1.29 is 0 Å². The summed E-state index contributed by atoms with van der Waals surface area (Å²) in [6.45, 7) is 9.97. The normalized spacial score (nSPS) is 15.1. The predicted molar refractivity (Wildman–Crippen MR) is 81.9 cm³/mol. The highest BCUT2D eigenvalue weighted by Crippen LogP contribution is 2.20. The lowest BCUT2D eigenvalue weighted by molar-refractivity contribution is 0.421. The fourth-order valence-electron chi connectivity index (χ4n) is 2.40. The average Bonchev–Trinajstić information content (AvgIpc) is 2.92. The van der Waals surface area contributed by atoms with Crippen LogP contribution in [0.1, 0.15) is 32.3 Å². The Bertz CT molecular complexity index is 613. The highest BCUT2D eigenvalue weighted by atomic mass is 15.3. The van der Waals surface area contributed by atoms with E-state index in [-0.39, 0.29) is 5.54 Å². The van der Waals surface area contributed by atoms with E-state index in [4.69, 9.17) is 0 Å². The minimum Gasteiger partial charge on any atom is -0.362 e. The van der Waals surface area contributed by atoms with Gasteiger partial charge in [-0.15, -0.1) is 10.2 Å². The smallest absolute Gasteiger partial charge is 0.152 e. The Morgan fingerprint density at radius 2 is 2.14 bits per heavy atom. The fourth-order valence-corrected chi connectivity index (χ4v) is 2.40. The Kier molecular flexibility index (Phi) is 3.63. The standard InChI is InChI=1S/C15H22N6/c1-15(2,3)17-9-12-8-13(4-5-16-12)20-6-7-21-11-18-19-14(21)10-20/h4-5,8,11,17H,6-7,9-10H2,1-3H3. The summed E-state index contributed by atoms with van der Waals surface area (Å²) in [5, 5.41) is 11.6. The molecule has 6 heteroatoms. The predicted octanol–water partition coefficient (Wildman–Crippen LogP) is 1.58. The number of aromatic nitrogens is 4. The maximum atomic E-state index is 4.45. The van der Waals surface area contributed by atoms with Crippen molar-refractivity contribution in [2.45, 2.75) is 45.9 Å². The van der Waals surface area contributed by atoms with E-state index >= 15 is 0 Å². The average molecular weight is 286 g/mol. The van der Waals surface area contributed by atoms with Gasteiger partial charge in [0, 0.05) is 37.1 Å². The number of anilines is 1. The maximum absolute atomic E-state index is 4.45. The number of fused-ring (bicyclic) bond motifs is 1. The molecule has 112 valence electrons. The molecule has 0 bridgehead atoms. The fraction of sp³-hybridized carbons (Fsp3) is 0.533. The molecular weight excluding hydrogens is 264 g/mol. The molecule has 2 aromatic heterocycles. The first-order valence-electron chi connectivity index (χ1n) is 7.33. The summed E-state index contributed by atoms with van der Waals surface area (Å²) in [4.78, 5) is 6.77. The van der Waals surface area contributed by atoms with Crippen molar-refractivity contribution >= 4 is 5.69 Å². The summed E-state index contributed by atoms with van der Waals surface area (Å²) in [5.74, 6) is 1.02. The first-order valence-corrected chi connectivity index (χ1v) is 7.33. The molecule has 1 aliphatic heterocycles. The minimum absolute atomic E-state index is 0.0965. The van der Waals surface area contributed by atoms with E-state index in [9.17, 15) is 0 Å². The van der Waals surface area contributed by atoms with Crippen LogP contribution in [-0.4, -0.2) is 31.8 Å². The van der Waals surface area contributed by atoms with Crippen LogP contribution in [0.2, 0.25) is 0 Å². The van der Waals surface area contributed by atoms with Gasteiger partial charge in [-0.05, 0) is 32.9 Å². The largest absolute Gasteiger partial charge is 0.362 e. The molecule has 0 radical (unpaired) electrons. The summed E-state index contributed by atoms with van der Waals surface area (Å²) >= 11 is 0. The van der Waals surface area contributed by atoms with E-state index in [0.717, 1.165) is 37.7 Å². The van der Waals surface area contributed by atoms with E-state index in [0.29, 0.717) is 0 Å². The van der Waals surface area contributed by atoms with Gasteiger partial charge < -0.3 is 14.8 Å². The zero-order valence-electron chi connectivity index (χ0n) is 12.9. The first-order chi connectivity index (χ1) is 10.0. The quantitative estimate of drug-likeness (QED) is 0.928. The lowest BCUT2D eigenvalue weighted by Gasteiger charge is -2.29. The minimum atomic E-state index is 0.0965. The number of hydrogen-bond acceptors (Lipinski definition) is 5. The van der Waals surface area contributed by atoms with E-state index < -0.39 is 0 Å². The molecule has 0 unspecified atom stereocenters. The third kappa shape index (κ3) is 3.39. The van der Waals surface area contributed by atoms with Gasteiger partial charge in [-0.25, -0.2) is 0 Å². The zero-order valence-corrected chi connectivity index (χ0v) is 12.9. The van der Waals surface area contributed by atoms with Crippen LogP contribution in [0.15, 0.2) is 24.7 Å². The van der Waals surface area contributed by atoms with Gasteiger partial charge in [0.25, 0.3) is 0 Å². The molecule has 1 N–H and O–H groups in total. The van der Waals surface area contributed by atoms with Crippen molar-refractivity contribution in [3.8, 4) is 0 Å². The van der Waals surface area contributed by atoms with Crippen LogP contribution in [-0.2, 0) is 19.6 Å². The van der Waals surface area contributed by atoms with Crippen LogP contribution in [0.4, 0.5) is 5.69 Å². The van der Waals surface area contributed by atoms with Crippen LogP contribution < -0.4 is 10.2 Å². The maximum Gasteiger partial charge on any atom is 0.152 e. The van der Waals surface area contributed by atoms with Crippen LogP contribution >= 0.6 is 0 Å². The molecule has 3 heterocycles. The van der Waals surface area contributed by atoms with Gasteiger partial charge in [-0.2, -0.15) is 0 Å². The van der Waals surface area contributed by atoms with Gasteiger partial charge in [-0.1, -0.05) is 0 Å². The van der Waals surface area contributed by atoms with Crippen molar-refractivity contribution in [1.82, 2.24) is 25.1 Å². The number of rotatable bonds is 3. The second-order valence-corrected chi connectivity index (χ2v) is 6.47. The molecule has 1 aliphatic rings. The Balaban J connectivity index is 1.72. The van der Waals surface area contributed by atoms with E-state index in [2.05, 4.69) is 62.9 Å². The number of pyridine rings is 1. The zero-order chi connectivity index (χ0) is 14.9. The molecule has 6 nitrogen and oxygen atoms in total. The molecule has 0 aromatic carbocycles. The number of hydrogen-bond donors (Lipinski definition) is 1. The topological polar surface area (TPSA) is 58.9 Å². The van der Waals surface area contributed by atoms with Gasteiger partial charge in [0.1, 0.15) is 6.33 Å². The summed E-state index contributed by atoms with van der Waals surface area (Å²) < 4.78 is 2.11. The molecule has 0 saturated heterocycles. The van der Waals surface area contributed by atoms with E-state index in [1.165, 1.54) is 5.69 Å². The third-order valence-electron chi connectivity index (χ3n) is 3.60. The molecule has 0 aliphatic carbocycles. The summed E-state index contributed by atoms with van der Waals surface area (Å²) in [6, 6.07) is 4.22. The van der Waals surface area contributed by atoms with Crippen LogP contribution in [0, 0.1) is 0 Å². The SMILES string of the molecule is CC(C)(C)NCc1cc(N2CCn3cnnc3C2)ccn1. The molecule has 0 spiro atoms. The lowest BCUT2D eigenvalue weighted by atomic mass is 10.1. The molecule has 0 atom stereocenters. The van der Waals surface area contributed by atoms with Crippen molar-refractivity contribution in [1.29, 1.82) is 0 Å². The summed E-state index contributed by atoms with van der Waals surface area (Å²) in [7, 11) is 0. The molecule has 0 saturated carbocycles. The monoisotopic (exact) mass is 286 g/mol. The van der Waals surface area contributed by atoms with Crippen LogP contribution in [0.3, 0.4) is 0 Å². The Labute approximate surface area is 125 Å². The van der Waals surface area contributed by atoms with Crippen LogP contribution in [0.25, 0.3) is 0 Å². The number of nitrogens with one attached hydrogen (secondary N) is 1. The molecule has 0 fully saturated rings.